The van der Waals surface area contributed by atoms with Crippen molar-refractivity contribution < 1.29 is 9.90 Å². The quantitative estimate of drug-likeness (QED) is 0.525. The number of hydrogen-bond acceptors (Lipinski definition) is 7. The summed E-state index contributed by atoms with van der Waals surface area (Å²) < 4.78 is 0. The summed E-state index contributed by atoms with van der Waals surface area (Å²) >= 11 is 1.56. The number of nitrogens with one attached hydrogen (secondary N) is 1. The van der Waals surface area contributed by atoms with Gasteiger partial charge in [-0.2, -0.15) is 5.26 Å². The van der Waals surface area contributed by atoms with Gasteiger partial charge in [-0.3, -0.25) is 4.79 Å². The van der Waals surface area contributed by atoms with Crippen molar-refractivity contribution >= 4 is 33.1 Å². The largest absolute Gasteiger partial charge is 0.394 e. The van der Waals surface area contributed by atoms with Gasteiger partial charge in [-0.05, 0) is 31.6 Å². The van der Waals surface area contributed by atoms with E-state index in [0.29, 0.717) is 30.8 Å². The zero-order valence-corrected chi connectivity index (χ0v) is 19.6. The highest BCUT2D eigenvalue weighted by molar-refractivity contribution is 7.19. The number of aromatic nitrogens is 1. The molecule has 2 aromatic heterocycles. The number of hydrogen-bond donors (Lipinski definition) is 2. The summed E-state index contributed by atoms with van der Waals surface area (Å²) in [6.07, 6.45) is 5.80. The molecule has 1 atom stereocenters. The van der Waals surface area contributed by atoms with Gasteiger partial charge in [0, 0.05) is 35.6 Å². The number of likely N-dealkylation sites (N-methyl/N-ethyl adjacent to an activating group) is 1. The van der Waals surface area contributed by atoms with Crippen molar-refractivity contribution in [3.05, 3.63) is 70.2 Å². The van der Waals surface area contributed by atoms with Crippen LogP contribution in [-0.4, -0.2) is 59.6 Å². The highest BCUT2D eigenvalue weighted by Gasteiger charge is 2.27. The SMILES string of the molecule is CN(C)C/C=C/C(=O)N1CCc2c(sc3ncc(C#N)c(N[C@H](CO)c4ccccc4)c23)C1. The second kappa shape index (κ2) is 10.1. The molecule has 0 radical (unpaired) electrons. The summed E-state index contributed by atoms with van der Waals surface area (Å²) in [6, 6.07) is 11.6. The molecule has 1 amide bonds. The molecule has 4 rings (SSSR count). The third-order valence-electron chi connectivity index (χ3n) is 5.73. The smallest absolute Gasteiger partial charge is 0.246 e. The summed E-state index contributed by atoms with van der Waals surface area (Å²) in [5.41, 5.74) is 3.23. The van der Waals surface area contributed by atoms with Gasteiger partial charge in [0.2, 0.25) is 5.91 Å². The van der Waals surface area contributed by atoms with E-state index < -0.39 is 0 Å². The number of benzene rings is 1. The van der Waals surface area contributed by atoms with E-state index >= 15 is 0 Å². The Hall–Kier alpha value is -3.25. The van der Waals surface area contributed by atoms with Crippen LogP contribution in [0.25, 0.3) is 10.2 Å². The Morgan fingerprint density at radius 3 is 2.88 bits per heavy atom. The first kappa shape index (κ1) is 22.9. The molecule has 0 saturated carbocycles. The molecule has 3 aromatic rings. The van der Waals surface area contributed by atoms with Crippen LogP contribution in [0.5, 0.6) is 0 Å². The highest BCUT2D eigenvalue weighted by atomic mass is 32.1. The van der Waals surface area contributed by atoms with Crippen LogP contribution in [0.2, 0.25) is 0 Å². The lowest BCUT2D eigenvalue weighted by Gasteiger charge is -2.26. The number of nitrogens with zero attached hydrogens (tertiary/aromatic N) is 4. The zero-order chi connectivity index (χ0) is 23.4. The number of aliphatic hydroxyl groups is 1. The number of rotatable bonds is 7. The summed E-state index contributed by atoms with van der Waals surface area (Å²) in [5.74, 6) is 0.00778. The summed E-state index contributed by atoms with van der Waals surface area (Å²) in [5, 5.41) is 24.2. The molecule has 1 aliphatic rings. The average Bonchev–Trinajstić information content (AvgIpc) is 3.20. The van der Waals surface area contributed by atoms with E-state index in [1.807, 2.05) is 60.3 Å². The molecule has 1 aliphatic heterocycles. The van der Waals surface area contributed by atoms with Crippen LogP contribution in [0.15, 0.2) is 48.7 Å². The topological polar surface area (TPSA) is 92.5 Å². The second-order valence-corrected chi connectivity index (χ2v) is 9.39. The average molecular weight is 462 g/mol. The van der Waals surface area contributed by atoms with Crippen LogP contribution < -0.4 is 5.32 Å². The molecule has 7 nitrogen and oxygen atoms in total. The number of carbonyl (C=O) groups is 1. The number of fused-ring (bicyclic) bond motifs is 3. The minimum Gasteiger partial charge on any atom is -0.394 e. The van der Waals surface area contributed by atoms with Crippen LogP contribution in [0.3, 0.4) is 0 Å². The molecule has 3 heterocycles. The van der Waals surface area contributed by atoms with Crippen molar-refractivity contribution in [3.63, 3.8) is 0 Å². The maximum atomic E-state index is 12.6. The number of pyridine rings is 1. The van der Waals surface area contributed by atoms with E-state index in [0.717, 1.165) is 32.8 Å². The van der Waals surface area contributed by atoms with Gasteiger partial charge in [0.15, 0.2) is 0 Å². The first-order valence-corrected chi connectivity index (χ1v) is 11.7. The van der Waals surface area contributed by atoms with E-state index in [2.05, 4.69) is 16.4 Å². The molecule has 33 heavy (non-hydrogen) atoms. The van der Waals surface area contributed by atoms with Crippen molar-refractivity contribution in [1.29, 1.82) is 5.26 Å². The van der Waals surface area contributed by atoms with Crippen LogP contribution in [0.1, 0.15) is 27.6 Å². The number of carbonyl (C=O) groups excluding carboxylic acids is 1. The zero-order valence-electron chi connectivity index (χ0n) is 18.8. The van der Waals surface area contributed by atoms with Gasteiger partial charge < -0.3 is 20.2 Å². The lowest BCUT2D eigenvalue weighted by molar-refractivity contribution is -0.126. The Kier molecular flexibility index (Phi) is 7.04. The summed E-state index contributed by atoms with van der Waals surface area (Å²) in [4.78, 5) is 23.0. The van der Waals surface area contributed by atoms with E-state index in [1.54, 1.807) is 23.6 Å². The normalized spacial score (nSPS) is 14.5. The summed E-state index contributed by atoms with van der Waals surface area (Å²) in [6.45, 7) is 1.76. The van der Waals surface area contributed by atoms with Gasteiger partial charge >= 0.3 is 0 Å². The van der Waals surface area contributed by atoms with E-state index in [4.69, 9.17) is 0 Å². The highest BCUT2D eigenvalue weighted by Crippen LogP contribution is 2.40. The standard InChI is InChI=1S/C25H27N5O2S/c1-29(2)11-6-9-22(32)30-12-10-19-21(15-30)33-25-23(19)24(18(13-26)14-27-25)28-20(16-31)17-7-4-3-5-8-17/h3-9,14,20,31H,10-12,15-16H2,1-2H3,(H,27,28)/b9-6+/t20-/m1/s1. The number of aliphatic hydroxyl groups excluding tert-OH is 1. The molecular formula is C25H27N5O2S. The molecule has 1 aromatic carbocycles. The van der Waals surface area contributed by atoms with Gasteiger partial charge in [0.1, 0.15) is 10.9 Å². The fourth-order valence-electron chi connectivity index (χ4n) is 4.05. The third kappa shape index (κ3) is 4.91. The van der Waals surface area contributed by atoms with Crippen LogP contribution >= 0.6 is 11.3 Å². The Morgan fingerprint density at radius 1 is 1.39 bits per heavy atom. The van der Waals surface area contributed by atoms with Gasteiger partial charge in [-0.25, -0.2) is 4.98 Å². The molecular weight excluding hydrogens is 434 g/mol. The number of nitriles is 1. The first-order chi connectivity index (χ1) is 16.0. The molecule has 2 N–H and O–H groups in total. The molecule has 0 fully saturated rings. The Morgan fingerprint density at radius 2 is 2.18 bits per heavy atom. The minimum atomic E-state index is -0.344. The van der Waals surface area contributed by atoms with E-state index in [9.17, 15) is 15.2 Å². The van der Waals surface area contributed by atoms with Crippen LogP contribution in [-0.2, 0) is 17.8 Å². The third-order valence-corrected chi connectivity index (χ3v) is 6.86. The van der Waals surface area contributed by atoms with Gasteiger partial charge in [0.25, 0.3) is 0 Å². The van der Waals surface area contributed by atoms with Gasteiger partial charge in [-0.1, -0.05) is 36.4 Å². The van der Waals surface area contributed by atoms with Crippen LogP contribution in [0.4, 0.5) is 5.69 Å². The second-order valence-electron chi connectivity index (χ2n) is 8.31. The lowest BCUT2D eigenvalue weighted by atomic mass is 10.0. The molecule has 0 unspecified atom stereocenters. The fraction of sp³-hybridized carbons (Fsp3) is 0.320. The predicted molar refractivity (Wildman–Crippen MR) is 131 cm³/mol. The monoisotopic (exact) mass is 461 g/mol. The fourth-order valence-corrected chi connectivity index (χ4v) is 5.26. The molecule has 170 valence electrons. The van der Waals surface area contributed by atoms with Crippen molar-refractivity contribution in [2.24, 2.45) is 0 Å². The molecule has 0 aliphatic carbocycles. The Labute approximate surface area is 197 Å². The molecule has 0 bridgehead atoms. The first-order valence-electron chi connectivity index (χ1n) is 10.9. The number of thiophene rings is 1. The molecule has 0 spiro atoms. The van der Waals surface area contributed by atoms with Crippen molar-refractivity contribution in [1.82, 2.24) is 14.8 Å². The lowest BCUT2D eigenvalue weighted by Crippen LogP contribution is -2.34. The Balaban J connectivity index is 1.66. The maximum absolute atomic E-state index is 12.6. The van der Waals surface area contributed by atoms with Crippen LogP contribution in [0, 0.1) is 11.3 Å². The van der Waals surface area contributed by atoms with Crippen molar-refractivity contribution in [2.75, 3.05) is 39.1 Å². The maximum Gasteiger partial charge on any atom is 0.246 e. The summed E-state index contributed by atoms with van der Waals surface area (Å²) in [7, 11) is 3.93. The van der Waals surface area contributed by atoms with Gasteiger partial charge in [-0.15, -0.1) is 11.3 Å². The van der Waals surface area contributed by atoms with Crippen molar-refractivity contribution in [2.45, 2.75) is 19.0 Å². The minimum absolute atomic E-state index is 0.00778. The van der Waals surface area contributed by atoms with E-state index in [-0.39, 0.29) is 18.6 Å². The van der Waals surface area contributed by atoms with E-state index in [1.165, 1.54) is 0 Å². The number of amides is 1. The predicted octanol–water partition coefficient (Wildman–Crippen LogP) is 3.32. The number of anilines is 1. The Bertz CT molecular complexity index is 1210. The van der Waals surface area contributed by atoms with Crippen molar-refractivity contribution in [3.8, 4) is 6.07 Å². The van der Waals surface area contributed by atoms with Gasteiger partial charge in [0.05, 0.1) is 30.4 Å². The molecule has 8 heteroatoms. The molecule has 0 saturated heterocycles.